The fraction of sp³-hybridized carbons (Fsp3) is 0.0714. The first-order valence-electron chi connectivity index (χ1n) is 6.15. The Hall–Kier alpha value is -2.68. The van der Waals surface area contributed by atoms with Crippen LogP contribution in [0.3, 0.4) is 0 Å². The number of anilines is 1. The molecule has 2 aromatic rings. The number of aromatic nitrogens is 1. The second-order valence-corrected chi connectivity index (χ2v) is 5.10. The first kappa shape index (κ1) is 16.7. The third-order valence-corrected chi connectivity index (χ3v) is 3.76. The van der Waals surface area contributed by atoms with Gasteiger partial charge in [0, 0.05) is 10.9 Å². The number of alkyl halides is 1. The Bertz CT molecular complexity index is 878. The third kappa shape index (κ3) is 2.95. The molecule has 23 heavy (non-hydrogen) atoms. The van der Waals surface area contributed by atoms with Crippen LogP contribution in [-0.2, 0) is 5.33 Å². The minimum absolute atomic E-state index is 0.0329. The summed E-state index contributed by atoms with van der Waals surface area (Å²) in [5, 5.41) is 18.8. The van der Waals surface area contributed by atoms with Crippen molar-refractivity contribution in [1.82, 2.24) is 4.98 Å². The van der Waals surface area contributed by atoms with Gasteiger partial charge in [0.25, 0.3) is 5.56 Å². The molecule has 2 rings (SSSR count). The van der Waals surface area contributed by atoms with Crippen LogP contribution in [0.5, 0.6) is 0 Å². The molecule has 0 amide bonds. The number of pyridine rings is 1. The monoisotopic (exact) mass is 384 g/mol. The number of nitrogens with two attached hydrogens (primary N) is 1. The zero-order chi connectivity index (χ0) is 17.3. The highest BCUT2D eigenvalue weighted by atomic mass is 79.9. The highest BCUT2D eigenvalue weighted by Crippen LogP contribution is 2.33. The van der Waals surface area contributed by atoms with Crippen LogP contribution in [0.4, 0.5) is 10.2 Å². The van der Waals surface area contributed by atoms with E-state index in [-0.39, 0.29) is 10.9 Å². The van der Waals surface area contributed by atoms with Crippen molar-refractivity contribution in [1.29, 1.82) is 0 Å². The lowest BCUT2D eigenvalue weighted by Crippen LogP contribution is -2.24. The van der Waals surface area contributed by atoms with E-state index < -0.39 is 45.8 Å². The minimum atomic E-state index is -1.64. The zero-order valence-corrected chi connectivity index (χ0v) is 13.0. The molecule has 9 heteroatoms. The van der Waals surface area contributed by atoms with E-state index in [0.29, 0.717) is 5.56 Å². The van der Waals surface area contributed by atoms with Crippen LogP contribution in [0.2, 0.25) is 0 Å². The lowest BCUT2D eigenvalue weighted by Gasteiger charge is -2.14. The van der Waals surface area contributed by atoms with E-state index in [1.54, 1.807) is 0 Å². The van der Waals surface area contributed by atoms with Gasteiger partial charge < -0.3 is 20.9 Å². The Morgan fingerprint density at radius 1 is 1.22 bits per heavy atom. The molecule has 120 valence electrons. The van der Waals surface area contributed by atoms with E-state index in [4.69, 9.17) is 5.73 Å². The highest BCUT2D eigenvalue weighted by molar-refractivity contribution is 9.08. The lowest BCUT2D eigenvalue weighted by molar-refractivity contribution is 0.0695. The van der Waals surface area contributed by atoms with Crippen molar-refractivity contribution in [3.63, 3.8) is 0 Å². The van der Waals surface area contributed by atoms with Gasteiger partial charge >= 0.3 is 11.9 Å². The topological polar surface area (TPSA) is 133 Å². The number of hydrogen-bond donors (Lipinski definition) is 4. The van der Waals surface area contributed by atoms with Crippen molar-refractivity contribution in [2.24, 2.45) is 0 Å². The van der Waals surface area contributed by atoms with Crippen LogP contribution < -0.4 is 11.3 Å². The molecule has 0 radical (unpaired) electrons. The van der Waals surface area contributed by atoms with Gasteiger partial charge in [0.1, 0.15) is 22.8 Å². The Labute approximate surface area is 136 Å². The van der Waals surface area contributed by atoms with Crippen LogP contribution in [0, 0.1) is 5.82 Å². The Kier molecular flexibility index (Phi) is 4.50. The SMILES string of the molecule is Nc1[nH]c(=O)c(C(=O)O)c(-c2cc(F)ccc2CBr)c1C(=O)O. The number of carboxylic acid groups (broad SMARTS) is 2. The van der Waals surface area contributed by atoms with Crippen molar-refractivity contribution in [3.05, 3.63) is 51.1 Å². The van der Waals surface area contributed by atoms with Crippen LogP contribution in [0.25, 0.3) is 11.1 Å². The normalized spacial score (nSPS) is 10.5. The van der Waals surface area contributed by atoms with E-state index in [9.17, 15) is 29.0 Å². The van der Waals surface area contributed by atoms with Gasteiger partial charge in [-0.3, -0.25) is 4.79 Å². The van der Waals surface area contributed by atoms with Gasteiger partial charge in [0.15, 0.2) is 0 Å². The first-order valence-corrected chi connectivity index (χ1v) is 7.27. The fourth-order valence-electron chi connectivity index (χ4n) is 2.21. The molecule has 0 atom stereocenters. The zero-order valence-electron chi connectivity index (χ0n) is 11.4. The number of carbonyl (C=O) groups is 2. The molecule has 5 N–H and O–H groups in total. The number of nitrogens with one attached hydrogen (secondary N) is 1. The molecule has 0 bridgehead atoms. The maximum Gasteiger partial charge on any atom is 0.342 e. The average molecular weight is 385 g/mol. The van der Waals surface area contributed by atoms with Crippen LogP contribution in [0.1, 0.15) is 26.3 Å². The van der Waals surface area contributed by atoms with Crippen molar-refractivity contribution < 1.29 is 24.2 Å². The second-order valence-electron chi connectivity index (χ2n) is 4.54. The van der Waals surface area contributed by atoms with Crippen LogP contribution in [-0.4, -0.2) is 27.1 Å². The smallest absolute Gasteiger partial charge is 0.342 e. The summed E-state index contributed by atoms with van der Waals surface area (Å²) in [4.78, 5) is 36.8. The lowest BCUT2D eigenvalue weighted by atomic mass is 9.92. The fourth-order valence-corrected chi connectivity index (χ4v) is 2.70. The Morgan fingerprint density at radius 3 is 2.35 bits per heavy atom. The molecule has 1 aromatic carbocycles. The summed E-state index contributed by atoms with van der Waals surface area (Å²) in [5.74, 6) is -4.40. The van der Waals surface area contributed by atoms with Crippen molar-refractivity contribution in [3.8, 4) is 11.1 Å². The summed E-state index contributed by atoms with van der Waals surface area (Å²) in [5.41, 5.74) is 2.98. The molecule has 1 heterocycles. The average Bonchev–Trinajstić information content (AvgIpc) is 2.45. The van der Waals surface area contributed by atoms with Gasteiger partial charge in [0.2, 0.25) is 0 Å². The van der Waals surface area contributed by atoms with Gasteiger partial charge in [-0.25, -0.2) is 14.0 Å². The molecule has 0 saturated heterocycles. The molecule has 0 saturated carbocycles. The predicted molar refractivity (Wildman–Crippen MR) is 83.4 cm³/mol. The van der Waals surface area contributed by atoms with E-state index in [2.05, 4.69) is 15.9 Å². The van der Waals surface area contributed by atoms with Gasteiger partial charge in [0.05, 0.1) is 0 Å². The second kappa shape index (κ2) is 6.21. The maximum atomic E-state index is 13.6. The van der Waals surface area contributed by atoms with Gasteiger partial charge in [-0.2, -0.15) is 0 Å². The van der Waals surface area contributed by atoms with Crippen LogP contribution >= 0.6 is 15.9 Å². The number of nitrogen functional groups attached to an aromatic ring is 1. The van der Waals surface area contributed by atoms with Gasteiger partial charge in [-0.1, -0.05) is 22.0 Å². The third-order valence-electron chi connectivity index (χ3n) is 3.16. The van der Waals surface area contributed by atoms with Gasteiger partial charge in [-0.15, -0.1) is 0 Å². The Balaban J connectivity index is 3.06. The first-order chi connectivity index (χ1) is 10.8. The molecule has 0 fully saturated rings. The predicted octanol–water partition coefficient (Wildman–Crippen LogP) is 2.05. The number of carboxylic acids is 2. The summed E-state index contributed by atoms with van der Waals surface area (Å²) >= 11 is 3.16. The van der Waals surface area contributed by atoms with E-state index in [1.807, 2.05) is 4.98 Å². The summed E-state index contributed by atoms with van der Waals surface area (Å²) in [6.45, 7) is 0. The summed E-state index contributed by atoms with van der Waals surface area (Å²) < 4.78 is 13.6. The Morgan fingerprint density at radius 2 is 1.83 bits per heavy atom. The van der Waals surface area contributed by atoms with Crippen molar-refractivity contribution in [2.45, 2.75) is 5.33 Å². The molecule has 0 aliphatic carbocycles. The number of aromatic carboxylic acids is 2. The number of halogens is 2. The van der Waals surface area contributed by atoms with Crippen LogP contribution in [0.15, 0.2) is 23.0 Å². The van der Waals surface area contributed by atoms with Gasteiger partial charge in [-0.05, 0) is 23.3 Å². The molecule has 0 aliphatic rings. The molecular weight excluding hydrogens is 375 g/mol. The standard InChI is InChI=1S/C14H10BrFN2O5/c15-4-5-1-2-6(16)3-7(5)8-9(13(20)21)11(17)18-12(19)10(8)14(22)23/h1-3H,4H2,(H,20,21)(H,22,23)(H3,17,18,19). The quantitative estimate of drug-likeness (QED) is 0.596. The molecule has 0 spiro atoms. The summed E-state index contributed by atoms with van der Waals surface area (Å²) in [7, 11) is 0. The highest BCUT2D eigenvalue weighted by Gasteiger charge is 2.27. The minimum Gasteiger partial charge on any atom is -0.478 e. The molecular formula is C14H10BrFN2O5. The molecule has 0 unspecified atom stereocenters. The number of H-pyrrole nitrogens is 1. The van der Waals surface area contributed by atoms with E-state index in [1.165, 1.54) is 6.07 Å². The molecule has 1 aromatic heterocycles. The number of rotatable bonds is 4. The summed E-state index contributed by atoms with van der Waals surface area (Å²) in [6.07, 6.45) is 0. The van der Waals surface area contributed by atoms with E-state index in [0.717, 1.165) is 12.1 Å². The van der Waals surface area contributed by atoms with Crippen molar-refractivity contribution in [2.75, 3.05) is 5.73 Å². The summed E-state index contributed by atoms with van der Waals surface area (Å²) in [6, 6.07) is 3.45. The maximum absolute atomic E-state index is 13.6. The number of hydrogen-bond acceptors (Lipinski definition) is 4. The van der Waals surface area contributed by atoms with Crippen molar-refractivity contribution >= 4 is 33.7 Å². The number of benzene rings is 1. The van der Waals surface area contributed by atoms with E-state index >= 15 is 0 Å². The number of aromatic amines is 1. The molecule has 0 aliphatic heterocycles. The molecule has 7 nitrogen and oxygen atoms in total. The largest absolute Gasteiger partial charge is 0.478 e.